The predicted molar refractivity (Wildman–Crippen MR) is 61.0 cm³/mol. The molecule has 3 nitrogen and oxygen atoms in total. The molecule has 14 heavy (non-hydrogen) atoms. The second kappa shape index (κ2) is 11.0. The standard InChI is InChI=1S/C11H26N2O/c1-3-5-6-8-11(13-12)9-7-10-14-4-2/h11,13H,3-10,12H2,1-2H3. The third-order valence-electron chi connectivity index (χ3n) is 2.44. The van der Waals surface area contributed by atoms with Crippen molar-refractivity contribution in [3.05, 3.63) is 0 Å². The molecule has 0 aromatic carbocycles. The van der Waals surface area contributed by atoms with Crippen molar-refractivity contribution >= 4 is 0 Å². The first kappa shape index (κ1) is 13.9. The molecule has 0 heterocycles. The Labute approximate surface area is 88.4 Å². The molecule has 0 bridgehead atoms. The van der Waals surface area contributed by atoms with Gasteiger partial charge in [0.2, 0.25) is 0 Å². The fraction of sp³-hybridized carbons (Fsp3) is 1.00. The topological polar surface area (TPSA) is 47.3 Å². The van der Waals surface area contributed by atoms with Crippen molar-refractivity contribution < 1.29 is 4.74 Å². The lowest BCUT2D eigenvalue weighted by Gasteiger charge is -2.15. The highest BCUT2D eigenvalue weighted by atomic mass is 16.5. The summed E-state index contributed by atoms with van der Waals surface area (Å²) in [7, 11) is 0. The third-order valence-corrected chi connectivity index (χ3v) is 2.44. The molecule has 3 N–H and O–H groups in total. The molecule has 0 aromatic heterocycles. The molecule has 0 rings (SSSR count). The van der Waals surface area contributed by atoms with Crippen molar-refractivity contribution in [2.75, 3.05) is 13.2 Å². The van der Waals surface area contributed by atoms with Gasteiger partial charge in [-0.15, -0.1) is 0 Å². The summed E-state index contributed by atoms with van der Waals surface area (Å²) in [5, 5.41) is 0. The molecular weight excluding hydrogens is 176 g/mol. The molecule has 0 aliphatic heterocycles. The fourth-order valence-electron chi connectivity index (χ4n) is 1.53. The Morgan fingerprint density at radius 1 is 1.14 bits per heavy atom. The Morgan fingerprint density at radius 3 is 2.43 bits per heavy atom. The fourth-order valence-corrected chi connectivity index (χ4v) is 1.53. The number of unbranched alkanes of at least 4 members (excludes halogenated alkanes) is 2. The molecule has 1 unspecified atom stereocenters. The molecule has 0 spiro atoms. The Morgan fingerprint density at radius 2 is 1.86 bits per heavy atom. The lowest BCUT2D eigenvalue weighted by Crippen LogP contribution is -2.35. The van der Waals surface area contributed by atoms with Gasteiger partial charge in [0.25, 0.3) is 0 Å². The summed E-state index contributed by atoms with van der Waals surface area (Å²) in [6.45, 7) is 5.93. The van der Waals surface area contributed by atoms with E-state index in [2.05, 4.69) is 12.3 Å². The highest BCUT2D eigenvalue weighted by Gasteiger charge is 2.04. The molecule has 0 aliphatic carbocycles. The van der Waals surface area contributed by atoms with E-state index in [1.807, 2.05) is 6.92 Å². The Hall–Kier alpha value is -0.120. The van der Waals surface area contributed by atoms with E-state index in [9.17, 15) is 0 Å². The van der Waals surface area contributed by atoms with E-state index in [-0.39, 0.29) is 0 Å². The van der Waals surface area contributed by atoms with Gasteiger partial charge in [-0.25, -0.2) is 0 Å². The molecule has 0 saturated carbocycles. The van der Waals surface area contributed by atoms with Gasteiger partial charge in [0.1, 0.15) is 0 Å². The van der Waals surface area contributed by atoms with Crippen LogP contribution >= 0.6 is 0 Å². The lowest BCUT2D eigenvalue weighted by atomic mass is 10.0. The summed E-state index contributed by atoms with van der Waals surface area (Å²) in [5.74, 6) is 5.48. The van der Waals surface area contributed by atoms with Gasteiger partial charge in [-0.1, -0.05) is 26.2 Å². The minimum absolute atomic E-state index is 0.474. The van der Waals surface area contributed by atoms with Gasteiger partial charge in [-0.3, -0.25) is 11.3 Å². The van der Waals surface area contributed by atoms with E-state index in [0.29, 0.717) is 6.04 Å². The summed E-state index contributed by atoms with van der Waals surface area (Å²) < 4.78 is 5.29. The van der Waals surface area contributed by atoms with Crippen LogP contribution in [-0.2, 0) is 4.74 Å². The van der Waals surface area contributed by atoms with Crippen molar-refractivity contribution in [1.82, 2.24) is 5.43 Å². The maximum Gasteiger partial charge on any atom is 0.0466 e. The van der Waals surface area contributed by atoms with Gasteiger partial charge in [-0.2, -0.15) is 0 Å². The molecule has 86 valence electrons. The normalized spacial score (nSPS) is 13.1. The largest absolute Gasteiger partial charge is 0.382 e. The van der Waals surface area contributed by atoms with Crippen molar-refractivity contribution in [2.45, 2.75) is 58.4 Å². The Kier molecular flexibility index (Phi) is 10.9. The van der Waals surface area contributed by atoms with Crippen molar-refractivity contribution in [3.8, 4) is 0 Å². The van der Waals surface area contributed by atoms with Crippen molar-refractivity contribution in [2.24, 2.45) is 5.84 Å². The second-order valence-electron chi connectivity index (χ2n) is 3.70. The Bertz CT molecular complexity index is 109. The van der Waals surface area contributed by atoms with Crippen LogP contribution in [0.2, 0.25) is 0 Å². The summed E-state index contributed by atoms with van der Waals surface area (Å²) in [4.78, 5) is 0. The summed E-state index contributed by atoms with van der Waals surface area (Å²) in [6, 6.07) is 0.474. The van der Waals surface area contributed by atoms with E-state index in [0.717, 1.165) is 26.1 Å². The highest BCUT2D eigenvalue weighted by molar-refractivity contribution is 4.63. The van der Waals surface area contributed by atoms with E-state index in [1.165, 1.54) is 25.7 Å². The van der Waals surface area contributed by atoms with Crippen LogP contribution in [0.3, 0.4) is 0 Å². The zero-order chi connectivity index (χ0) is 10.6. The first-order chi connectivity index (χ1) is 6.85. The van der Waals surface area contributed by atoms with E-state index in [1.54, 1.807) is 0 Å². The van der Waals surface area contributed by atoms with Crippen LogP contribution in [0.4, 0.5) is 0 Å². The van der Waals surface area contributed by atoms with E-state index in [4.69, 9.17) is 10.6 Å². The smallest absolute Gasteiger partial charge is 0.0466 e. The van der Waals surface area contributed by atoms with Crippen LogP contribution in [0, 0.1) is 0 Å². The number of ether oxygens (including phenoxy) is 1. The molecule has 0 radical (unpaired) electrons. The minimum Gasteiger partial charge on any atom is -0.382 e. The average molecular weight is 202 g/mol. The van der Waals surface area contributed by atoms with Crippen LogP contribution in [0.5, 0.6) is 0 Å². The van der Waals surface area contributed by atoms with Gasteiger partial charge >= 0.3 is 0 Å². The van der Waals surface area contributed by atoms with Crippen LogP contribution in [-0.4, -0.2) is 19.3 Å². The van der Waals surface area contributed by atoms with Crippen molar-refractivity contribution in [3.63, 3.8) is 0 Å². The monoisotopic (exact) mass is 202 g/mol. The van der Waals surface area contributed by atoms with Crippen LogP contribution in [0.25, 0.3) is 0 Å². The second-order valence-corrected chi connectivity index (χ2v) is 3.70. The molecular formula is C11H26N2O. The highest BCUT2D eigenvalue weighted by Crippen LogP contribution is 2.07. The molecule has 0 fully saturated rings. The first-order valence-corrected chi connectivity index (χ1v) is 5.89. The average Bonchev–Trinajstić information content (AvgIpc) is 2.22. The molecule has 0 aliphatic rings. The minimum atomic E-state index is 0.474. The SMILES string of the molecule is CCCCCC(CCCOCC)NN. The third kappa shape index (κ3) is 8.48. The van der Waals surface area contributed by atoms with E-state index >= 15 is 0 Å². The molecule has 0 aromatic rings. The zero-order valence-corrected chi connectivity index (χ0v) is 9.72. The van der Waals surface area contributed by atoms with E-state index < -0.39 is 0 Å². The summed E-state index contributed by atoms with van der Waals surface area (Å²) in [6.07, 6.45) is 7.28. The number of nitrogens with two attached hydrogens (primary N) is 1. The summed E-state index contributed by atoms with van der Waals surface area (Å²) >= 11 is 0. The molecule has 3 heteroatoms. The van der Waals surface area contributed by atoms with Gasteiger partial charge in [0.15, 0.2) is 0 Å². The summed E-state index contributed by atoms with van der Waals surface area (Å²) in [5.41, 5.74) is 2.88. The molecule has 0 amide bonds. The predicted octanol–water partition coefficient (Wildman–Crippen LogP) is 2.22. The lowest BCUT2D eigenvalue weighted by molar-refractivity contribution is 0.140. The van der Waals surface area contributed by atoms with Gasteiger partial charge < -0.3 is 4.74 Å². The van der Waals surface area contributed by atoms with Gasteiger partial charge in [-0.05, 0) is 26.2 Å². The maximum atomic E-state index is 5.48. The van der Waals surface area contributed by atoms with Crippen LogP contribution < -0.4 is 11.3 Å². The number of rotatable bonds is 10. The molecule has 1 atom stereocenters. The van der Waals surface area contributed by atoms with Crippen LogP contribution in [0.1, 0.15) is 52.4 Å². The van der Waals surface area contributed by atoms with Gasteiger partial charge in [0, 0.05) is 19.3 Å². The number of hydrogen-bond donors (Lipinski definition) is 2. The van der Waals surface area contributed by atoms with Crippen LogP contribution in [0.15, 0.2) is 0 Å². The number of hydrogen-bond acceptors (Lipinski definition) is 3. The first-order valence-electron chi connectivity index (χ1n) is 5.89. The molecule has 0 saturated heterocycles. The zero-order valence-electron chi connectivity index (χ0n) is 9.72. The van der Waals surface area contributed by atoms with Gasteiger partial charge in [0.05, 0.1) is 0 Å². The Balaban J connectivity index is 3.28. The number of nitrogens with one attached hydrogen (secondary N) is 1. The van der Waals surface area contributed by atoms with Crippen molar-refractivity contribution in [1.29, 1.82) is 0 Å². The number of hydrazine groups is 1. The maximum absolute atomic E-state index is 5.48. The quantitative estimate of drug-likeness (QED) is 0.324.